The quantitative estimate of drug-likeness (QED) is 0.110. The Morgan fingerprint density at radius 1 is 0.875 bits per heavy atom. The van der Waals surface area contributed by atoms with Gasteiger partial charge in [0.25, 0.3) is 0 Å². The molecule has 0 unspecified atom stereocenters. The minimum Gasteiger partial charge on any atom is -0.475 e. The fourth-order valence-electron chi connectivity index (χ4n) is 6.10. The van der Waals surface area contributed by atoms with Gasteiger partial charge in [-0.15, -0.1) is 16.4 Å². The van der Waals surface area contributed by atoms with Crippen molar-refractivity contribution >= 4 is 46.0 Å². The van der Waals surface area contributed by atoms with Crippen LogP contribution in [-0.2, 0) is 60.8 Å². The number of benzene rings is 2. The summed E-state index contributed by atoms with van der Waals surface area (Å²) in [7, 11) is 0. The van der Waals surface area contributed by atoms with Gasteiger partial charge in [0.05, 0.1) is 25.0 Å². The highest BCUT2D eigenvalue weighted by molar-refractivity contribution is 7.13. The van der Waals surface area contributed by atoms with E-state index in [4.69, 9.17) is 38.1 Å². The molecule has 6 rings (SSSR count). The number of carbonyl (C=O) groups excluding carboxylic acids is 4. The standard InChI is InChI=1S/C39H37N5O11S/c1-22(45)50-21-33-35(52-23(2)46)36(53-24(3)47)37(54-25(4)48)39(55-33)51-20-29-19-44(43-42-29)13-14-49-38-31(18-40)30(34-10-7-15-56-34)17-32(41-38)28-12-11-26-8-5-6-9-27(26)16-28/h5-12,15-17,19,33,35-37,39H,13-14,20-21H2,1-4H3/t33-,35-,36+,37-,39-/m1/s1. The van der Waals surface area contributed by atoms with E-state index in [9.17, 15) is 24.4 Å². The van der Waals surface area contributed by atoms with Gasteiger partial charge in [-0.1, -0.05) is 47.7 Å². The molecule has 290 valence electrons. The van der Waals surface area contributed by atoms with Crippen molar-refractivity contribution in [1.82, 2.24) is 20.0 Å². The third kappa shape index (κ3) is 9.71. The van der Waals surface area contributed by atoms with E-state index in [1.54, 1.807) is 6.20 Å². The third-order valence-electron chi connectivity index (χ3n) is 8.42. The van der Waals surface area contributed by atoms with Crippen molar-refractivity contribution in [2.75, 3.05) is 13.2 Å². The smallest absolute Gasteiger partial charge is 0.303 e. The normalized spacial score (nSPS) is 19.1. The number of rotatable bonds is 14. The average molecular weight is 784 g/mol. The van der Waals surface area contributed by atoms with Crippen LogP contribution in [0, 0.1) is 11.3 Å². The fourth-order valence-corrected chi connectivity index (χ4v) is 6.85. The van der Waals surface area contributed by atoms with Crippen LogP contribution in [0.3, 0.4) is 0 Å². The highest BCUT2D eigenvalue weighted by Gasteiger charge is 2.52. The molecule has 1 aliphatic rings. The Morgan fingerprint density at radius 3 is 2.30 bits per heavy atom. The summed E-state index contributed by atoms with van der Waals surface area (Å²) in [5, 5.41) is 22.6. The second-order valence-corrected chi connectivity index (χ2v) is 13.5. The van der Waals surface area contributed by atoms with Crippen LogP contribution in [0.15, 0.2) is 72.2 Å². The molecule has 0 radical (unpaired) electrons. The van der Waals surface area contributed by atoms with E-state index >= 15 is 0 Å². The Bertz CT molecular complexity index is 2250. The highest BCUT2D eigenvalue weighted by Crippen LogP contribution is 2.36. The zero-order valence-electron chi connectivity index (χ0n) is 30.8. The van der Waals surface area contributed by atoms with E-state index in [0.29, 0.717) is 22.5 Å². The predicted molar refractivity (Wildman–Crippen MR) is 197 cm³/mol. The Balaban J connectivity index is 1.17. The van der Waals surface area contributed by atoms with E-state index in [-0.39, 0.29) is 25.6 Å². The van der Waals surface area contributed by atoms with Crippen LogP contribution in [0.5, 0.6) is 5.88 Å². The number of thiophene rings is 1. The van der Waals surface area contributed by atoms with Crippen LogP contribution in [0.25, 0.3) is 32.5 Å². The molecule has 0 aliphatic carbocycles. The molecule has 0 spiro atoms. The molecular formula is C39H37N5O11S. The van der Waals surface area contributed by atoms with Crippen molar-refractivity contribution < 1.29 is 52.3 Å². The largest absolute Gasteiger partial charge is 0.475 e. The minimum atomic E-state index is -1.39. The highest BCUT2D eigenvalue weighted by atomic mass is 32.1. The molecule has 0 N–H and O–H groups in total. The summed E-state index contributed by atoms with van der Waals surface area (Å²) < 4.78 is 41.0. The lowest BCUT2D eigenvalue weighted by molar-refractivity contribution is -0.310. The summed E-state index contributed by atoms with van der Waals surface area (Å²) in [5.41, 5.74) is 2.86. The van der Waals surface area contributed by atoms with Crippen LogP contribution < -0.4 is 4.74 Å². The van der Waals surface area contributed by atoms with Crippen molar-refractivity contribution in [2.45, 2.75) is 71.6 Å². The van der Waals surface area contributed by atoms with Crippen molar-refractivity contribution in [2.24, 2.45) is 0 Å². The average Bonchev–Trinajstić information content (AvgIpc) is 3.87. The molecule has 0 bridgehead atoms. The SMILES string of the molecule is CC(=O)OC[C@H]1O[C@@H](OCc2cn(CCOc3nc(-c4ccc5ccccc5c4)cc(-c4cccs4)c3C#N)nn2)[C@H](OC(C)=O)[C@@H](OC(C)=O)[C@@H]1OC(C)=O. The summed E-state index contributed by atoms with van der Waals surface area (Å²) in [6.07, 6.45) is -5.03. The first-order valence-corrected chi connectivity index (χ1v) is 18.3. The Hall–Kier alpha value is -6.22. The van der Waals surface area contributed by atoms with Crippen LogP contribution in [0.2, 0.25) is 0 Å². The molecule has 1 fully saturated rings. The van der Waals surface area contributed by atoms with Gasteiger partial charge in [0, 0.05) is 43.7 Å². The van der Waals surface area contributed by atoms with Crippen molar-refractivity contribution in [3.8, 4) is 33.6 Å². The second-order valence-electron chi connectivity index (χ2n) is 12.6. The van der Waals surface area contributed by atoms with Crippen LogP contribution in [0.1, 0.15) is 39.0 Å². The number of ether oxygens (including phenoxy) is 7. The molecule has 1 aliphatic heterocycles. The van der Waals surface area contributed by atoms with Crippen LogP contribution in [-0.4, -0.2) is 87.8 Å². The van der Waals surface area contributed by atoms with E-state index in [1.807, 2.05) is 66.0 Å². The number of hydrogen-bond acceptors (Lipinski definition) is 16. The summed E-state index contributed by atoms with van der Waals surface area (Å²) in [6.45, 7) is 4.27. The topological polar surface area (TPSA) is 200 Å². The number of nitriles is 1. The number of fused-ring (bicyclic) bond motifs is 1. The zero-order valence-corrected chi connectivity index (χ0v) is 31.6. The van der Waals surface area contributed by atoms with Gasteiger partial charge in [-0.25, -0.2) is 9.67 Å². The van der Waals surface area contributed by atoms with Crippen LogP contribution in [0.4, 0.5) is 0 Å². The van der Waals surface area contributed by atoms with Gasteiger partial charge in [0.1, 0.15) is 36.6 Å². The molecule has 56 heavy (non-hydrogen) atoms. The van der Waals surface area contributed by atoms with Gasteiger partial charge in [0.15, 0.2) is 24.6 Å². The second kappa shape index (κ2) is 17.9. The molecule has 17 heteroatoms. The number of hydrogen-bond donors (Lipinski definition) is 0. The number of aromatic nitrogens is 4. The predicted octanol–water partition coefficient (Wildman–Crippen LogP) is 4.77. The maximum atomic E-state index is 12.1. The third-order valence-corrected chi connectivity index (χ3v) is 9.32. The molecule has 0 amide bonds. The summed E-state index contributed by atoms with van der Waals surface area (Å²) in [5.74, 6) is -2.73. The molecule has 4 heterocycles. The summed E-state index contributed by atoms with van der Waals surface area (Å²) in [6, 6.07) is 22.1. The van der Waals surface area contributed by atoms with E-state index in [1.165, 1.54) is 22.9 Å². The van der Waals surface area contributed by atoms with Crippen molar-refractivity contribution in [3.05, 3.63) is 83.5 Å². The Labute approximate surface area is 324 Å². The number of carbonyl (C=O) groups is 4. The monoisotopic (exact) mass is 783 g/mol. The van der Waals surface area contributed by atoms with Gasteiger partial charge >= 0.3 is 23.9 Å². The van der Waals surface area contributed by atoms with Gasteiger partial charge in [0.2, 0.25) is 5.88 Å². The van der Waals surface area contributed by atoms with Gasteiger partial charge < -0.3 is 33.2 Å². The molecule has 5 atom stereocenters. The fraction of sp³-hybridized carbons (Fsp3) is 0.333. The minimum absolute atomic E-state index is 0.0794. The molecule has 1 saturated heterocycles. The molecule has 0 saturated carbocycles. The van der Waals surface area contributed by atoms with Gasteiger partial charge in [-0.2, -0.15) is 5.26 Å². The van der Waals surface area contributed by atoms with Crippen molar-refractivity contribution in [1.29, 1.82) is 5.26 Å². The molecule has 5 aromatic rings. The Morgan fingerprint density at radius 2 is 1.61 bits per heavy atom. The number of nitrogens with zero attached hydrogens (tertiary/aromatic N) is 5. The van der Waals surface area contributed by atoms with Crippen molar-refractivity contribution in [3.63, 3.8) is 0 Å². The Kier molecular flexibility index (Phi) is 12.6. The number of pyridine rings is 1. The lowest BCUT2D eigenvalue weighted by Gasteiger charge is -2.43. The lowest BCUT2D eigenvalue weighted by atomic mass is 9.98. The number of esters is 4. The zero-order chi connectivity index (χ0) is 39.8. The van der Waals surface area contributed by atoms with E-state index < -0.39 is 61.2 Å². The lowest BCUT2D eigenvalue weighted by Crippen LogP contribution is -2.62. The molecule has 3 aromatic heterocycles. The summed E-state index contributed by atoms with van der Waals surface area (Å²) >= 11 is 1.51. The summed E-state index contributed by atoms with van der Waals surface area (Å²) in [4.78, 5) is 53.6. The first-order chi connectivity index (χ1) is 27.0. The van der Waals surface area contributed by atoms with Gasteiger partial charge in [-0.3, -0.25) is 19.2 Å². The maximum absolute atomic E-state index is 12.1. The van der Waals surface area contributed by atoms with Gasteiger partial charge in [-0.05, 0) is 34.4 Å². The molecular weight excluding hydrogens is 747 g/mol. The van der Waals surface area contributed by atoms with E-state index in [2.05, 4.69) is 16.4 Å². The maximum Gasteiger partial charge on any atom is 0.303 e. The molecule has 16 nitrogen and oxygen atoms in total. The first-order valence-electron chi connectivity index (χ1n) is 17.4. The molecule has 2 aromatic carbocycles. The first kappa shape index (κ1) is 39.5. The van der Waals surface area contributed by atoms with E-state index in [0.717, 1.165) is 42.0 Å². The van der Waals surface area contributed by atoms with Crippen LogP contribution >= 0.6 is 11.3 Å².